The standard InChI is InChI=1S/C66H42N2/c1-2-18-50(19-3-1)68-62-28-14-12-26-59(62)66(60-27-13-15-29-63(60)68)57-25-11-10-20-51(57)56-41-48(36-38-58(56)66)61-39-37-49(42-67-61)65-54-23-8-6-21-52(54)64(53-22-7-9-24-55(53)65)45-33-30-44(31-34-45)47-35-32-43-16-4-5-17-46(43)40-47/h1-42H. The molecule has 0 saturated heterocycles. The van der Waals surface area contributed by atoms with Crippen LogP contribution in [-0.4, -0.2) is 4.98 Å². The lowest BCUT2D eigenvalue weighted by atomic mass is 9.64. The van der Waals surface area contributed by atoms with E-state index in [1.54, 1.807) is 0 Å². The molecular weight excluding hydrogens is 821 g/mol. The number of fused-ring (bicyclic) bond motifs is 12. The van der Waals surface area contributed by atoms with Crippen molar-refractivity contribution in [1.29, 1.82) is 0 Å². The summed E-state index contributed by atoms with van der Waals surface area (Å²) in [5.74, 6) is 0. The minimum atomic E-state index is -0.492. The van der Waals surface area contributed by atoms with E-state index in [1.165, 1.54) is 105 Å². The van der Waals surface area contributed by atoms with Gasteiger partial charge in [-0.3, -0.25) is 4.98 Å². The number of nitrogens with zero attached hydrogens (tertiary/aromatic N) is 2. The summed E-state index contributed by atoms with van der Waals surface area (Å²) in [5.41, 5.74) is 20.0. The molecule has 1 aromatic heterocycles. The first-order valence-corrected chi connectivity index (χ1v) is 23.5. The molecule has 0 atom stereocenters. The molecule has 0 unspecified atom stereocenters. The summed E-state index contributed by atoms with van der Waals surface area (Å²) in [6.07, 6.45) is 2.08. The monoisotopic (exact) mass is 862 g/mol. The van der Waals surface area contributed by atoms with Gasteiger partial charge in [-0.05, 0) is 136 Å². The molecule has 1 aliphatic carbocycles. The van der Waals surface area contributed by atoms with Crippen LogP contribution in [0.1, 0.15) is 22.3 Å². The Morgan fingerprint density at radius 1 is 0.309 bits per heavy atom. The van der Waals surface area contributed by atoms with Gasteiger partial charge in [-0.25, -0.2) is 0 Å². The average Bonchev–Trinajstić information content (AvgIpc) is 3.70. The number of hydrogen-bond donors (Lipinski definition) is 0. The second kappa shape index (κ2) is 15.1. The summed E-state index contributed by atoms with van der Waals surface area (Å²) in [7, 11) is 0. The number of hydrogen-bond acceptors (Lipinski definition) is 2. The molecule has 2 heteroatoms. The Morgan fingerprint density at radius 2 is 0.809 bits per heavy atom. The van der Waals surface area contributed by atoms with E-state index in [0.29, 0.717) is 0 Å². The van der Waals surface area contributed by atoms with E-state index >= 15 is 0 Å². The van der Waals surface area contributed by atoms with Crippen LogP contribution >= 0.6 is 0 Å². The molecule has 1 spiro atoms. The number of anilines is 3. The minimum absolute atomic E-state index is 0.492. The summed E-state index contributed by atoms with van der Waals surface area (Å²) < 4.78 is 0. The molecule has 2 nitrogen and oxygen atoms in total. The summed E-state index contributed by atoms with van der Waals surface area (Å²) in [6, 6.07) is 91.4. The Labute approximate surface area is 395 Å². The molecule has 0 amide bonds. The van der Waals surface area contributed by atoms with E-state index in [9.17, 15) is 0 Å². The Kier molecular flexibility index (Phi) is 8.53. The zero-order valence-corrected chi connectivity index (χ0v) is 37.1. The first-order chi connectivity index (χ1) is 33.7. The predicted octanol–water partition coefficient (Wildman–Crippen LogP) is 17.4. The molecule has 2 aliphatic rings. The zero-order valence-electron chi connectivity index (χ0n) is 37.1. The highest BCUT2D eigenvalue weighted by molar-refractivity contribution is 6.21. The highest BCUT2D eigenvalue weighted by atomic mass is 15.2. The first-order valence-electron chi connectivity index (χ1n) is 23.5. The van der Waals surface area contributed by atoms with E-state index in [0.717, 1.165) is 22.5 Å². The van der Waals surface area contributed by atoms with Crippen LogP contribution in [0.3, 0.4) is 0 Å². The molecule has 0 N–H and O–H groups in total. The van der Waals surface area contributed by atoms with E-state index in [-0.39, 0.29) is 0 Å². The van der Waals surface area contributed by atoms with Gasteiger partial charge in [0.05, 0.1) is 22.5 Å². The van der Waals surface area contributed by atoms with Gasteiger partial charge in [-0.1, -0.05) is 206 Å². The van der Waals surface area contributed by atoms with Crippen molar-refractivity contribution < 1.29 is 0 Å². The van der Waals surface area contributed by atoms with Crippen molar-refractivity contribution in [1.82, 2.24) is 4.98 Å². The van der Waals surface area contributed by atoms with Crippen molar-refractivity contribution in [2.24, 2.45) is 0 Å². The fourth-order valence-electron chi connectivity index (χ4n) is 11.8. The van der Waals surface area contributed by atoms with Crippen LogP contribution < -0.4 is 4.90 Å². The van der Waals surface area contributed by atoms with Crippen molar-refractivity contribution in [2.45, 2.75) is 5.41 Å². The van der Waals surface area contributed by atoms with Crippen LogP contribution in [0, 0.1) is 0 Å². The highest BCUT2D eigenvalue weighted by Gasteiger charge is 2.51. The first kappa shape index (κ1) is 38.4. The van der Waals surface area contributed by atoms with Crippen LogP contribution in [0.5, 0.6) is 0 Å². The van der Waals surface area contributed by atoms with Gasteiger partial charge in [0.1, 0.15) is 0 Å². The zero-order chi connectivity index (χ0) is 44.8. The van der Waals surface area contributed by atoms with Crippen molar-refractivity contribution in [3.8, 4) is 55.8 Å². The number of rotatable bonds is 5. The molecule has 11 aromatic carbocycles. The molecule has 0 bridgehead atoms. The van der Waals surface area contributed by atoms with Crippen LogP contribution in [0.15, 0.2) is 255 Å². The van der Waals surface area contributed by atoms with Gasteiger partial charge in [-0.15, -0.1) is 0 Å². The topological polar surface area (TPSA) is 16.1 Å². The molecule has 2 heterocycles. The van der Waals surface area contributed by atoms with Gasteiger partial charge in [-0.2, -0.15) is 0 Å². The third kappa shape index (κ3) is 5.61. The van der Waals surface area contributed by atoms with E-state index in [2.05, 4.69) is 260 Å². The largest absolute Gasteiger partial charge is 0.310 e. The normalized spacial score (nSPS) is 13.1. The molecule has 0 fully saturated rings. The van der Waals surface area contributed by atoms with Gasteiger partial charge in [0.25, 0.3) is 0 Å². The second-order valence-electron chi connectivity index (χ2n) is 18.2. The van der Waals surface area contributed by atoms with Crippen LogP contribution in [-0.2, 0) is 5.41 Å². The Bertz CT molecular complexity index is 3860. The van der Waals surface area contributed by atoms with Crippen LogP contribution in [0.2, 0.25) is 0 Å². The van der Waals surface area contributed by atoms with E-state index in [4.69, 9.17) is 4.98 Å². The molecule has 68 heavy (non-hydrogen) atoms. The van der Waals surface area contributed by atoms with E-state index < -0.39 is 5.41 Å². The summed E-state index contributed by atoms with van der Waals surface area (Å²) in [6.45, 7) is 0. The maximum absolute atomic E-state index is 5.27. The maximum atomic E-state index is 5.27. The highest BCUT2D eigenvalue weighted by Crippen LogP contribution is 2.63. The van der Waals surface area contributed by atoms with Gasteiger partial charge < -0.3 is 4.90 Å². The Balaban J connectivity index is 0.871. The Morgan fingerprint density at radius 3 is 1.47 bits per heavy atom. The van der Waals surface area contributed by atoms with Crippen LogP contribution in [0.25, 0.3) is 88.1 Å². The average molecular weight is 863 g/mol. The molecule has 14 rings (SSSR count). The summed E-state index contributed by atoms with van der Waals surface area (Å²) >= 11 is 0. The smallest absolute Gasteiger partial charge is 0.0754 e. The number of benzene rings is 11. The number of aromatic nitrogens is 1. The lowest BCUT2D eigenvalue weighted by Gasteiger charge is -2.45. The summed E-state index contributed by atoms with van der Waals surface area (Å²) in [5, 5.41) is 7.40. The lowest BCUT2D eigenvalue weighted by molar-refractivity contribution is 0.752. The molecule has 0 saturated carbocycles. The van der Waals surface area contributed by atoms with Crippen molar-refractivity contribution in [2.75, 3.05) is 4.90 Å². The number of pyridine rings is 1. The fraction of sp³-hybridized carbons (Fsp3) is 0.0152. The van der Waals surface area contributed by atoms with Gasteiger partial charge in [0.15, 0.2) is 0 Å². The van der Waals surface area contributed by atoms with E-state index in [1.807, 2.05) is 0 Å². The van der Waals surface area contributed by atoms with Gasteiger partial charge in [0.2, 0.25) is 0 Å². The fourth-order valence-corrected chi connectivity index (χ4v) is 11.8. The molecule has 316 valence electrons. The van der Waals surface area contributed by atoms with Crippen LogP contribution in [0.4, 0.5) is 17.1 Å². The molecule has 0 radical (unpaired) electrons. The molecular formula is C66H42N2. The van der Waals surface area contributed by atoms with Crippen molar-refractivity contribution in [3.05, 3.63) is 277 Å². The summed E-state index contributed by atoms with van der Waals surface area (Å²) in [4.78, 5) is 7.70. The van der Waals surface area contributed by atoms with Gasteiger partial charge in [0, 0.05) is 23.0 Å². The lowest BCUT2D eigenvalue weighted by Crippen LogP contribution is -2.36. The maximum Gasteiger partial charge on any atom is 0.0754 e. The third-order valence-corrected chi connectivity index (χ3v) is 14.7. The molecule has 12 aromatic rings. The van der Waals surface area contributed by atoms with Gasteiger partial charge >= 0.3 is 0 Å². The van der Waals surface area contributed by atoms with Crippen molar-refractivity contribution >= 4 is 49.4 Å². The third-order valence-electron chi connectivity index (χ3n) is 14.7. The van der Waals surface area contributed by atoms with Crippen molar-refractivity contribution in [3.63, 3.8) is 0 Å². The quantitative estimate of drug-likeness (QED) is 0.160. The second-order valence-corrected chi connectivity index (χ2v) is 18.2. The Hall–Kier alpha value is -8.85. The minimum Gasteiger partial charge on any atom is -0.310 e. The number of para-hydroxylation sites is 3. The SMILES string of the molecule is c1ccc(N2c3ccccc3C3(c4ccccc4-c4cc(-c5ccc(-c6c7ccccc7c(-c7ccc(-c8ccc9ccccc9c8)cc7)c7ccccc67)cn5)ccc43)c3ccccc32)cc1. The molecule has 1 aliphatic heterocycles. The predicted molar refractivity (Wildman–Crippen MR) is 284 cm³/mol.